The van der Waals surface area contributed by atoms with Crippen molar-refractivity contribution >= 4 is 73.6 Å². The molecule has 0 aromatic heterocycles. The fourth-order valence-corrected chi connectivity index (χ4v) is 35.4. The number of halogens is 2. The van der Waals surface area contributed by atoms with Gasteiger partial charge in [0.15, 0.2) is 0 Å². The Hall–Kier alpha value is 1.03. The topological polar surface area (TPSA) is 6.48 Å². The Morgan fingerprint density at radius 1 is 0.737 bits per heavy atom. The van der Waals surface area contributed by atoms with E-state index in [1.807, 2.05) is 11.9 Å². The van der Waals surface area contributed by atoms with Crippen molar-refractivity contribution in [3.63, 3.8) is 0 Å². The molecule has 2 aliphatic rings. The van der Waals surface area contributed by atoms with Gasteiger partial charge in [0.1, 0.15) is 16.5 Å². The monoisotopic (exact) mass is 752 g/mol. The van der Waals surface area contributed by atoms with Crippen LogP contribution in [0.4, 0.5) is 4.70 Å². The molecule has 0 amide bonds. The van der Waals surface area contributed by atoms with Gasteiger partial charge in [-0.1, -0.05) is 42.1 Å². The summed E-state index contributed by atoms with van der Waals surface area (Å²) in [6.45, 7) is 22.8. The first-order valence-corrected chi connectivity index (χ1v) is 31.9. The zero-order valence-electron chi connectivity index (χ0n) is 26.0. The molecule has 0 unspecified atom stereocenters. The minimum atomic E-state index is -1.11. The third kappa shape index (κ3) is 10.7. The van der Waals surface area contributed by atoms with Crippen LogP contribution in [0.3, 0.4) is 0 Å². The molecular formula is C28H51BrFLiN2Si4Sn. The summed E-state index contributed by atoms with van der Waals surface area (Å²) >= 11 is 2.66. The van der Waals surface area contributed by atoms with Gasteiger partial charge in [-0.15, -0.1) is 5.56 Å². The smallest absolute Gasteiger partial charge is 1.00 e. The van der Waals surface area contributed by atoms with Gasteiger partial charge >= 0.3 is 144 Å². The normalized spacial score (nSPS) is 20.6. The van der Waals surface area contributed by atoms with Crippen LogP contribution in [0, 0.1) is 6.07 Å². The van der Waals surface area contributed by atoms with E-state index in [1.54, 1.807) is 9.14 Å². The molecule has 2 saturated heterocycles. The maximum Gasteiger partial charge on any atom is 1.00 e. The fraction of sp³-hybridized carbons (Fsp3) is 0.571. The third-order valence-corrected chi connectivity index (χ3v) is 31.5. The Morgan fingerprint density at radius 3 is 1.55 bits per heavy atom. The summed E-state index contributed by atoms with van der Waals surface area (Å²) in [7, 11) is -4.43. The number of benzene rings is 2. The molecule has 2 aromatic carbocycles. The second kappa shape index (κ2) is 16.6. The van der Waals surface area contributed by atoms with Crippen molar-refractivity contribution in [1.29, 1.82) is 0 Å². The zero-order chi connectivity index (χ0) is 27.2. The van der Waals surface area contributed by atoms with Gasteiger partial charge in [0, 0.05) is 0 Å². The molecular weight excluding hydrogens is 701 g/mol. The maximum absolute atomic E-state index is 3.19. The van der Waals surface area contributed by atoms with E-state index in [9.17, 15) is 0 Å². The number of rotatable bonds is 5. The third-order valence-electron chi connectivity index (χ3n) is 8.29. The molecule has 0 bridgehead atoms. The number of alkyl halides is 1. The first-order valence-electron chi connectivity index (χ1n) is 13.4. The predicted octanol–water partition coefficient (Wildman–Crippen LogP) is 5.17. The molecule has 208 valence electrons. The molecule has 0 aliphatic carbocycles. The van der Waals surface area contributed by atoms with Crippen LogP contribution in [-0.2, 0) is 13.1 Å². The summed E-state index contributed by atoms with van der Waals surface area (Å²) in [6, 6.07) is 27.1. The molecule has 0 atom stereocenters. The van der Waals surface area contributed by atoms with Crippen molar-refractivity contribution in [2.75, 3.05) is 5.83 Å². The van der Waals surface area contributed by atoms with Gasteiger partial charge in [-0.3, -0.25) is 4.70 Å². The fourth-order valence-electron chi connectivity index (χ4n) is 5.98. The van der Waals surface area contributed by atoms with Crippen molar-refractivity contribution in [3.05, 3.63) is 65.7 Å². The van der Waals surface area contributed by atoms with Crippen LogP contribution in [0.5, 0.6) is 0 Å². The van der Waals surface area contributed by atoms with Crippen molar-refractivity contribution in [1.82, 2.24) is 8.46 Å². The molecule has 4 rings (SSSR count). The summed E-state index contributed by atoms with van der Waals surface area (Å²) in [5.41, 5.74) is 3.00. The number of hydrogen-bond donors (Lipinski definition) is 0. The van der Waals surface area contributed by atoms with Gasteiger partial charge in [0.25, 0.3) is 0 Å². The molecule has 2 nitrogen and oxygen atoms in total. The molecule has 2 aromatic rings. The van der Waals surface area contributed by atoms with Crippen molar-refractivity contribution in [2.24, 2.45) is 0 Å². The summed E-state index contributed by atoms with van der Waals surface area (Å²) in [5.74, 6) is 1.81. The van der Waals surface area contributed by atoms with Gasteiger partial charge in [-0.2, -0.15) is 30.3 Å². The quantitative estimate of drug-likeness (QED) is 0.237. The Balaban J connectivity index is 0.000000648. The van der Waals surface area contributed by atoms with Crippen LogP contribution < -0.4 is 22.4 Å². The molecule has 2 aliphatic heterocycles. The largest absolute Gasteiger partial charge is 1.00 e. The van der Waals surface area contributed by atoms with Crippen molar-refractivity contribution < 1.29 is 23.6 Å². The first kappa shape index (κ1) is 39.0. The summed E-state index contributed by atoms with van der Waals surface area (Å²) in [4.78, 5) is 2.41. The van der Waals surface area contributed by atoms with E-state index in [0.29, 0.717) is 0 Å². The van der Waals surface area contributed by atoms with E-state index < -0.39 is 32.9 Å². The van der Waals surface area contributed by atoms with Gasteiger partial charge in [-0.05, 0) is 24.5 Å². The van der Waals surface area contributed by atoms with Gasteiger partial charge in [0.05, 0.1) is 0 Å². The molecule has 2 heterocycles. The minimum absolute atomic E-state index is 0. The van der Waals surface area contributed by atoms with E-state index >= 15 is 0 Å². The Bertz CT molecular complexity index is 935. The Kier molecular flexibility index (Phi) is 17.1. The van der Waals surface area contributed by atoms with Crippen LogP contribution in [0.25, 0.3) is 0 Å². The first-order chi connectivity index (χ1) is 16.8. The van der Waals surface area contributed by atoms with Crippen molar-refractivity contribution in [3.8, 4) is 0 Å². The van der Waals surface area contributed by atoms with Crippen LogP contribution >= 0.6 is 15.9 Å². The number of nitrogens with zero attached hydrogens (tertiary/aromatic N) is 2. The van der Waals surface area contributed by atoms with Gasteiger partial charge < -0.3 is 4.23 Å². The predicted molar refractivity (Wildman–Crippen MR) is 181 cm³/mol. The molecule has 0 spiro atoms. The Labute approximate surface area is 269 Å². The second-order valence-corrected chi connectivity index (χ2v) is 35.4. The van der Waals surface area contributed by atoms with E-state index in [2.05, 4.69) is 130 Å². The van der Waals surface area contributed by atoms with E-state index in [4.69, 9.17) is 0 Å². The number of hydrogen-bond acceptors (Lipinski definition) is 2. The zero-order valence-corrected chi connectivity index (χ0v) is 34.5. The standard InChI is InChI=1S/2C13H22NSi2.CH3Br.CH3.FH.Li.Sn/c2*1-15(2)10-11-16(3,4)14(15)12-13-8-6-5-7-9-13;1-2;;;;/h2*5-6,8-9H,10-12H2,1-4H3;1H3;1H3;1H;;/q;-1;;;;+1;. The Morgan fingerprint density at radius 2 is 1.16 bits per heavy atom. The average molecular weight is 753 g/mol. The van der Waals surface area contributed by atoms with Crippen LogP contribution in [0.15, 0.2) is 48.5 Å². The average Bonchev–Trinajstić information content (AvgIpc) is 3.19. The van der Waals surface area contributed by atoms with E-state index in [-0.39, 0.29) is 44.7 Å². The van der Waals surface area contributed by atoms with Crippen LogP contribution in [0.1, 0.15) is 11.1 Å². The second-order valence-electron chi connectivity index (χ2n) is 12.8. The SMILES string of the molecule is CBr.C[Si]1(C)CC[Si](C)(C)N1Cc1c[c-]ccc1.F.[CH3][Sn][c]1cccc(CN2[Si](C)(C)CC[Si]2(C)C)c1.[Li+]. The van der Waals surface area contributed by atoms with E-state index in [0.717, 1.165) is 6.54 Å². The molecule has 2 fully saturated rings. The molecule has 0 N–H and O–H groups in total. The summed E-state index contributed by atoms with van der Waals surface area (Å²) in [6.07, 6.45) is 0. The van der Waals surface area contributed by atoms with Gasteiger partial charge in [0.2, 0.25) is 0 Å². The van der Waals surface area contributed by atoms with E-state index in [1.165, 1.54) is 36.3 Å². The summed E-state index contributed by atoms with van der Waals surface area (Å²) in [5, 5.41) is 0. The molecule has 38 heavy (non-hydrogen) atoms. The molecule has 10 heteroatoms. The molecule has 0 saturated carbocycles. The minimum Gasteiger partial charge on any atom is 1.00 e. The van der Waals surface area contributed by atoms with Crippen LogP contribution in [-0.4, -0.2) is 68.4 Å². The van der Waals surface area contributed by atoms with Gasteiger partial charge in [-0.25, -0.2) is 0 Å². The van der Waals surface area contributed by atoms with Crippen LogP contribution in [0.2, 0.25) is 81.5 Å². The summed E-state index contributed by atoms with van der Waals surface area (Å²) < 4.78 is 7.53. The van der Waals surface area contributed by atoms with Crippen molar-refractivity contribution in [2.45, 2.75) is 94.6 Å². The molecule has 2 radical (unpaired) electrons. The maximum atomic E-state index is 3.19.